The molecule has 3 N–H and O–H groups in total. The quantitative estimate of drug-likeness (QED) is 0.586. The van der Waals surface area contributed by atoms with Crippen LogP contribution in [0.15, 0.2) is 47.6 Å². The number of hydrazone groups is 1. The lowest BCUT2D eigenvalue weighted by atomic mass is 10.1. The molecule has 5 nitrogen and oxygen atoms in total. The molecule has 0 fully saturated rings. The van der Waals surface area contributed by atoms with Crippen LogP contribution < -0.4 is 10.7 Å². The lowest BCUT2D eigenvalue weighted by molar-refractivity contribution is -0.119. The Morgan fingerprint density at radius 2 is 1.91 bits per heavy atom. The summed E-state index contributed by atoms with van der Waals surface area (Å²) in [5.41, 5.74) is 6.46. The van der Waals surface area contributed by atoms with E-state index >= 15 is 0 Å². The topological polar surface area (TPSA) is 73.7 Å². The van der Waals surface area contributed by atoms with Crippen LogP contribution >= 0.6 is 0 Å². The molecule has 0 bridgehead atoms. The van der Waals surface area contributed by atoms with Gasteiger partial charge < -0.3 is 10.4 Å². The van der Waals surface area contributed by atoms with Crippen LogP contribution in [0.5, 0.6) is 5.75 Å². The normalized spacial score (nSPS) is 10.6. The summed E-state index contributed by atoms with van der Waals surface area (Å²) in [6.45, 7) is 4.18. The van der Waals surface area contributed by atoms with E-state index in [9.17, 15) is 4.79 Å². The van der Waals surface area contributed by atoms with Gasteiger partial charge >= 0.3 is 0 Å². The van der Waals surface area contributed by atoms with Crippen LogP contribution in [-0.4, -0.2) is 23.8 Å². The molecule has 1 amide bonds. The second kappa shape index (κ2) is 7.26. The highest BCUT2D eigenvalue weighted by atomic mass is 16.3. The Hall–Kier alpha value is -2.82. The molecule has 0 aliphatic carbocycles. The molecule has 0 aliphatic heterocycles. The van der Waals surface area contributed by atoms with Gasteiger partial charge in [-0.05, 0) is 55.3 Å². The lowest BCUT2D eigenvalue weighted by Crippen LogP contribution is -2.26. The Labute approximate surface area is 129 Å². The first-order valence-electron chi connectivity index (χ1n) is 6.96. The molecule has 2 aromatic carbocycles. The number of hydrogen-bond donors (Lipinski definition) is 3. The number of nitrogens with one attached hydrogen (secondary N) is 2. The Morgan fingerprint density at radius 1 is 1.18 bits per heavy atom. The number of amides is 1. The molecular formula is C17H19N3O2. The number of rotatable bonds is 5. The summed E-state index contributed by atoms with van der Waals surface area (Å²) in [7, 11) is 0. The van der Waals surface area contributed by atoms with E-state index < -0.39 is 0 Å². The second-order valence-corrected chi connectivity index (χ2v) is 5.06. The predicted molar refractivity (Wildman–Crippen MR) is 88.2 cm³/mol. The third-order valence-electron chi connectivity index (χ3n) is 3.12. The average Bonchev–Trinajstić information content (AvgIpc) is 2.48. The van der Waals surface area contributed by atoms with Gasteiger partial charge in [-0.1, -0.05) is 17.7 Å². The zero-order valence-corrected chi connectivity index (χ0v) is 12.6. The van der Waals surface area contributed by atoms with Gasteiger partial charge in [-0.15, -0.1) is 0 Å². The standard InChI is InChI=1S/C17H19N3O2/c1-12-3-8-16(13(2)9-12)18-11-17(22)20-19-10-14-4-6-15(21)7-5-14/h3-10,18,21H,11H2,1-2H3,(H,20,22)/b19-10+. The number of phenolic OH excluding ortho intramolecular Hbond substituents is 1. The zero-order valence-electron chi connectivity index (χ0n) is 12.6. The molecule has 0 aromatic heterocycles. The van der Waals surface area contributed by atoms with Gasteiger partial charge in [-0.3, -0.25) is 4.79 Å². The maximum Gasteiger partial charge on any atom is 0.259 e. The van der Waals surface area contributed by atoms with Crippen molar-refractivity contribution in [3.63, 3.8) is 0 Å². The van der Waals surface area contributed by atoms with Gasteiger partial charge in [0, 0.05) is 5.69 Å². The highest BCUT2D eigenvalue weighted by Crippen LogP contribution is 2.15. The summed E-state index contributed by atoms with van der Waals surface area (Å²) >= 11 is 0. The van der Waals surface area contributed by atoms with E-state index in [1.165, 1.54) is 11.8 Å². The molecule has 0 aliphatic rings. The maximum atomic E-state index is 11.7. The van der Waals surface area contributed by atoms with Gasteiger partial charge in [0.25, 0.3) is 5.91 Å². The number of benzene rings is 2. The Bertz CT molecular complexity index is 679. The molecule has 114 valence electrons. The van der Waals surface area contributed by atoms with E-state index in [2.05, 4.69) is 21.9 Å². The van der Waals surface area contributed by atoms with Crippen LogP contribution in [0.25, 0.3) is 0 Å². The van der Waals surface area contributed by atoms with Crippen molar-refractivity contribution in [1.29, 1.82) is 0 Å². The van der Waals surface area contributed by atoms with Crippen LogP contribution in [0.4, 0.5) is 5.69 Å². The van der Waals surface area contributed by atoms with Crippen molar-refractivity contribution in [1.82, 2.24) is 5.43 Å². The minimum atomic E-state index is -0.227. The summed E-state index contributed by atoms with van der Waals surface area (Å²) in [4.78, 5) is 11.7. The van der Waals surface area contributed by atoms with E-state index in [-0.39, 0.29) is 18.2 Å². The van der Waals surface area contributed by atoms with Crippen LogP contribution in [-0.2, 0) is 4.79 Å². The smallest absolute Gasteiger partial charge is 0.259 e. The van der Waals surface area contributed by atoms with E-state index in [0.717, 1.165) is 16.8 Å². The first kappa shape index (κ1) is 15.6. The van der Waals surface area contributed by atoms with Gasteiger partial charge in [0.15, 0.2) is 0 Å². The number of aryl methyl sites for hydroxylation is 2. The van der Waals surface area contributed by atoms with Crippen LogP contribution in [0, 0.1) is 13.8 Å². The summed E-state index contributed by atoms with van der Waals surface area (Å²) in [6, 6.07) is 12.5. The van der Waals surface area contributed by atoms with Crippen molar-refractivity contribution in [2.24, 2.45) is 5.10 Å². The summed E-state index contributed by atoms with van der Waals surface area (Å²) in [5.74, 6) is -0.0335. The second-order valence-electron chi connectivity index (χ2n) is 5.06. The van der Waals surface area contributed by atoms with Crippen molar-refractivity contribution in [3.8, 4) is 5.75 Å². The largest absolute Gasteiger partial charge is 0.508 e. The van der Waals surface area contributed by atoms with Crippen LogP contribution in [0.3, 0.4) is 0 Å². The third kappa shape index (κ3) is 4.63. The molecule has 5 heteroatoms. The molecule has 0 heterocycles. The van der Waals surface area contributed by atoms with Gasteiger partial charge in [-0.25, -0.2) is 5.43 Å². The minimum absolute atomic E-state index is 0.150. The molecule has 0 saturated carbocycles. The Balaban J connectivity index is 1.81. The van der Waals surface area contributed by atoms with E-state index in [1.54, 1.807) is 24.3 Å². The fourth-order valence-electron chi connectivity index (χ4n) is 1.97. The first-order valence-corrected chi connectivity index (χ1v) is 6.96. The molecule has 22 heavy (non-hydrogen) atoms. The number of phenols is 1. The summed E-state index contributed by atoms with van der Waals surface area (Å²) in [5, 5.41) is 16.1. The number of hydrogen-bond acceptors (Lipinski definition) is 4. The van der Waals surface area contributed by atoms with Gasteiger partial charge in [0.2, 0.25) is 0 Å². The number of aromatic hydroxyl groups is 1. The number of carbonyl (C=O) groups excluding carboxylic acids is 1. The van der Waals surface area contributed by atoms with Gasteiger partial charge in [-0.2, -0.15) is 5.10 Å². The molecule has 0 atom stereocenters. The minimum Gasteiger partial charge on any atom is -0.508 e. The van der Waals surface area contributed by atoms with Gasteiger partial charge in [0.05, 0.1) is 12.8 Å². The molecule has 0 spiro atoms. The van der Waals surface area contributed by atoms with Gasteiger partial charge in [0.1, 0.15) is 5.75 Å². The Morgan fingerprint density at radius 3 is 2.59 bits per heavy atom. The van der Waals surface area contributed by atoms with Crippen molar-refractivity contribution in [2.45, 2.75) is 13.8 Å². The molecule has 2 aromatic rings. The van der Waals surface area contributed by atoms with Crippen LogP contribution in [0.1, 0.15) is 16.7 Å². The van der Waals surface area contributed by atoms with Crippen LogP contribution in [0.2, 0.25) is 0 Å². The first-order chi connectivity index (χ1) is 10.5. The van der Waals surface area contributed by atoms with E-state index in [0.29, 0.717) is 0 Å². The highest BCUT2D eigenvalue weighted by molar-refractivity contribution is 5.84. The third-order valence-corrected chi connectivity index (χ3v) is 3.12. The van der Waals surface area contributed by atoms with Crippen molar-refractivity contribution in [2.75, 3.05) is 11.9 Å². The van der Waals surface area contributed by atoms with Crippen molar-refractivity contribution < 1.29 is 9.90 Å². The lowest BCUT2D eigenvalue weighted by Gasteiger charge is -2.09. The number of carbonyl (C=O) groups is 1. The molecule has 0 unspecified atom stereocenters. The van der Waals surface area contributed by atoms with Crippen molar-refractivity contribution >= 4 is 17.8 Å². The molecular weight excluding hydrogens is 278 g/mol. The van der Waals surface area contributed by atoms with Crippen molar-refractivity contribution in [3.05, 3.63) is 59.2 Å². The molecule has 0 radical (unpaired) electrons. The number of nitrogens with zero attached hydrogens (tertiary/aromatic N) is 1. The fraction of sp³-hybridized carbons (Fsp3) is 0.176. The molecule has 0 saturated heterocycles. The number of anilines is 1. The SMILES string of the molecule is Cc1ccc(NCC(=O)N/N=C/c2ccc(O)cc2)c(C)c1. The van der Waals surface area contributed by atoms with E-state index in [1.807, 2.05) is 26.0 Å². The Kier molecular flexibility index (Phi) is 5.14. The summed E-state index contributed by atoms with van der Waals surface area (Å²) in [6.07, 6.45) is 1.52. The zero-order chi connectivity index (χ0) is 15.9. The monoisotopic (exact) mass is 297 g/mol. The van der Waals surface area contributed by atoms with E-state index in [4.69, 9.17) is 5.11 Å². The maximum absolute atomic E-state index is 11.7. The molecule has 2 rings (SSSR count). The predicted octanol–water partition coefficient (Wildman–Crippen LogP) is 2.57. The summed E-state index contributed by atoms with van der Waals surface area (Å²) < 4.78 is 0. The average molecular weight is 297 g/mol. The highest BCUT2D eigenvalue weighted by Gasteiger charge is 2.02. The fourth-order valence-corrected chi connectivity index (χ4v) is 1.97.